The van der Waals surface area contributed by atoms with Crippen molar-refractivity contribution in [3.05, 3.63) is 30.1 Å². The Morgan fingerprint density at radius 3 is 2.92 bits per heavy atom. The van der Waals surface area contributed by atoms with Crippen LogP contribution in [0, 0.1) is 5.92 Å². The van der Waals surface area contributed by atoms with Crippen LogP contribution in [0.1, 0.15) is 25.0 Å². The minimum Gasteiger partial charge on any atom is -0.261 e. The van der Waals surface area contributed by atoms with E-state index in [2.05, 4.69) is 33.0 Å². The predicted octanol–water partition coefficient (Wildman–Crippen LogP) is 3.19. The van der Waals surface area contributed by atoms with E-state index in [-0.39, 0.29) is 0 Å². The van der Waals surface area contributed by atoms with Crippen LogP contribution in [0.15, 0.2) is 24.4 Å². The van der Waals surface area contributed by atoms with Crippen LogP contribution in [0.2, 0.25) is 0 Å². The highest BCUT2D eigenvalue weighted by Crippen LogP contribution is 2.35. The molecular weight excluding hydrogens is 226 g/mol. The van der Waals surface area contributed by atoms with E-state index in [0.717, 1.165) is 12.3 Å². The van der Waals surface area contributed by atoms with E-state index < -0.39 is 0 Å². The maximum Gasteiger partial charge on any atom is 0.0414 e. The Morgan fingerprint density at radius 1 is 1.46 bits per heavy atom. The topological polar surface area (TPSA) is 12.9 Å². The summed E-state index contributed by atoms with van der Waals surface area (Å²) in [5.74, 6) is 0.994. The molecule has 1 atom stereocenters. The molecule has 0 radical (unpaired) electrons. The van der Waals surface area contributed by atoms with E-state index in [9.17, 15) is 0 Å². The van der Waals surface area contributed by atoms with Crippen molar-refractivity contribution in [1.29, 1.82) is 0 Å². The molecule has 0 spiro atoms. The molecule has 0 amide bonds. The van der Waals surface area contributed by atoms with E-state index in [1.807, 2.05) is 12.3 Å². The second-order valence-corrected chi connectivity index (χ2v) is 5.10. The Kier molecular flexibility index (Phi) is 2.99. The molecule has 0 N–H and O–H groups in total. The van der Waals surface area contributed by atoms with E-state index in [1.165, 1.54) is 25.0 Å². The van der Waals surface area contributed by atoms with Crippen LogP contribution in [0.5, 0.6) is 0 Å². The molecule has 2 heteroatoms. The Balaban J connectivity index is 1.82. The fourth-order valence-corrected chi connectivity index (χ4v) is 2.40. The van der Waals surface area contributed by atoms with Crippen LogP contribution in [0.4, 0.5) is 0 Å². The zero-order valence-electron chi connectivity index (χ0n) is 7.62. The zero-order chi connectivity index (χ0) is 9.10. The number of hydrogen-bond acceptors (Lipinski definition) is 1. The van der Waals surface area contributed by atoms with Gasteiger partial charge in [-0.25, -0.2) is 0 Å². The summed E-state index contributed by atoms with van der Waals surface area (Å²) in [6.45, 7) is 0. The van der Waals surface area contributed by atoms with Crippen LogP contribution < -0.4 is 0 Å². The second-order valence-electron chi connectivity index (χ2n) is 3.80. The number of halogens is 1. The standard InChI is InChI=1S/C11H14BrN/c12-10(7-9-4-5-9)8-11-3-1-2-6-13-11/h1-3,6,9-10H,4-5,7-8H2. The van der Waals surface area contributed by atoms with E-state index in [1.54, 1.807) is 0 Å². The van der Waals surface area contributed by atoms with Gasteiger partial charge in [0.05, 0.1) is 0 Å². The lowest BCUT2D eigenvalue weighted by atomic mass is 10.1. The first-order valence-electron chi connectivity index (χ1n) is 4.88. The number of alkyl halides is 1. The second kappa shape index (κ2) is 4.23. The summed E-state index contributed by atoms with van der Waals surface area (Å²) in [5.41, 5.74) is 1.20. The maximum atomic E-state index is 4.32. The third-order valence-corrected chi connectivity index (χ3v) is 3.14. The highest BCUT2D eigenvalue weighted by Gasteiger charge is 2.24. The Bertz CT molecular complexity index is 256. The molecule has 2 rings (SSSR count). The molecule has 1 heterocycles. The number of hydrogen-bond donors (Lipinski definition) is 0. The van der Waals surface area contributed by atoms with Gasteiger partial charge in [-0.3, -0.25) is 4.98 Å². The Morgan fingerprint density at radius 2 is 2.31 bits per heavy atom. The predicted molar refractivity (Wildman–Crippen MR) is 58.0 cm³/mol. The molecule has 0 aromatic carbocycles. The molecular formula is C11H14BrN. The van der Waals surface area contributed by atoms with Crippen molar-refractivity contribution in [2.24, 2.45) is 5.92 Å². The van der Waals surface area contributed by atoms with Gasteiger partial charge < -0.3 is 0 Å². The van der Waals surface area contributed by atoms with Crippen molar-refractivity contribution in [2.75, 3.05) is 0 Å². The summed E-state index contributed by atoms with van der Waals surface area (Å²) < 4.78 is 0. The molecule has 13 heavy (non-hydrogen) atoms. The van der Waals surface area contributed by atoms with E-state index in [4.69, 9.17) is 0 Å². The Hall–Kier alpha value is -0.370. The molecule has 1 aromatic rings. The molecule has 0 saturated heterocycles. The number of rotatable bonds is 4. The first-order valence-corrected chi connectivity index (χ1v) is 5.80. The minimum atomic E-state index is 0.620. The number of pyridine rings is 1. The lowest BCUT2D eigenvalue weighted by Crippen LogP contribution is -2.04. The number of aromatic nitrogens is 1. The molecule has 0 aliphatic heterocycles. The van der Waals surface area contributed by atoms with Crippen molar-refractivity contribution < 1.29 is 0 Å². The average molecular weight is 240 g/mol. The molecule has 0 bridgehead atoms. The lowest BCUT2D eigenvalue weighted by molar-refractivity contribution is 0.683. The third-order valence-electron chi connectivity index (χ3n) is 2.44. The normalized spacial score (nSPS) is 18.5. The molecule has 1 aliphatic rings. The van der Waals surface area contributed by atoms with Crippen molar-refractivity contribution in [2.45, 2.75) is 30.5 Å². The molecule has 1 nitrogen and oxygen atoms in total. The van der Waals surface area contributed by atoms with Gasteiger partial charge in [0.2, 0.25) is 0 Å². The fraction of sp³-hybridized carbons (Fsp3) is 0.545. The van der Waals surface area contributed by atoms with Gasteiger partial charge in [0.25, 0.3) is 0 Å². The molecule has 1 unspecified atom stereocenters. The summed E-state index contributed by atoms with van der Waals surface area (Å²) in [4.78, 5) is 4.94. The van der Waals surface area contributed by atoms with E-state index >= 15 is 0 Å². The van der Waals surface area contributed by atoms with Gasteiger partial charge in [0.15, 0.2) is 0 Å². The van der Waals surface area contributed by atoms with E-state index in [0.29, 0.717) is 4.83 Å². The SMILES string of the molecule is BrC(Cc1ccccn1)CC1CC1. The van der Waals surface area contributed by atoms with Crippen LogP contribution in [-0.4, -0.2) is 9.81 Å². The average Bonchev–Trinajstić information content (AvgIpc) is 2.90. The molecule has 1 fully saturated rings. The summed E-state index contributed by atoms with van der Waals surface area (Å²) >= 11 is 3.72. The van der Waals surface area contributed by atoms with Crippen LogP contribution in [0.25, 0.3) is 0 Å². The van der Waals surface area contributed by atoms with Gasteiger partial charge in [0.1, 0.15) is 0 Å². The van der Waals surface area contributed by atoms with Crippen LogP contribution in [-0.2, 0) is 6.42 Å². The first-order chi connectivity index (χ1) is 6.34. The van der Waals surface area contributed by atoms with Crippen molar-refractivity contribution in [1.82, 2.24) is 4.98 Å². The van der Waals surface area contributed by atoms with Gasteiger partial charge in [-0.15, -0.1) is 0 Å². The quantitative estimate of drug-likeness (QED) is 0.736. The molecule has 1 saturated carbocycles. The third kappa shape index (κ3) is 3.11. The van der Waals surface area contributed by atoms with Crippen LogP contribution in [0.3, 0.4) is 0 Å². The summed E-state index contributed by atoms with van der Waals surface area (Å²) in [6, 6.07) is 6.12. The van der Waals surface area contributed by atoms with Gasteiger partial charge in [-0.1, -0.05) is 34.8 Å². The molecule has 70 valence electrons. The zero-order valence-corrected chi connectivity index (χ0v) is 9.20. The number of nitrogens with zero attached hydrogens (tertiary/aromatic N) is 1. The van der Waals surface area contributed by atoms with Crippen LogP contribution >= 0.6 is 15.9 Å². The molecule has 1 aromatic heterocycles. The lowest BCUT2D eigenvalue weighted by Gasteiger charge is -2.07. The Labute approximate surface area is 87.7 Å². The first kappa shape index (κ1) is 9.20. The smallest absolute Gasteiger partial charge is 0.0414 e. The van der Waals surface area contributed by atoms with Crippen molar-refractivity contribution in [3.63, 3.8) is 0 Å². The summed E-state index contributed by atoms with van der Waals surface area (Å²) in [5, 5.41) is 0. The summed E-state index contributed by atoms with van der Waals surface area (Å²) in [6.07, 6.45) is 7.12. The molecule has 1 aliphatic carbocycles. The largest absolute Gasteiger partial charge is 0.261 e. The maximum absolute atomic E-state index is 4.32. The fourth-order valence-electron chi connectivity index (χ4n) is 1.54. The van der Waals surface area contributed by atoms with Gasteiger partial charge >= 0.3 is 0 Å². The van der Waals surface area contributed by atoms with Gasteiger partial charge in [-0.2, -0.15) is 0 Å². The van der Waals surface area contributed by atoms with Crippen molar-refractivity contribution in [3.8, 4) is 0 Å². The highest BCUT2D eigenvalue weighted by atomic mass is 79.9. The van der Waals surface area contributed by atoms with Gasteiger partial charge in [-0.05, 0) is 24.5 Å². The summed E-state index contributed by atoms with van der Waals surface area (Å²) in [7, 11) is 0. The highest BCUT2D eigenvalue weighted by molar-refractivity contribution is 9.09. The van der Waals surface area contributed by atoms with Crippen molar-refractivity contribution >= 4 is 15.9 Å². The monoisotopic (exact) mass is 239 g/mol. The van der Waals surface area contributed by atoms with Gasteiger partial charge in [0, 0.05) is 23.1 Å². The minimum absolute atomic E-state index is 0.620.